The number of hydrogen-bond donors (Lipinski definition) is 0. The van der Waals surface area contributed by atoms with Crippen LogP contribution in [0.3, 0.4) is 0 Å². The monoisotopic (exact) mass is 118 g/mol. The Labute approximate surface area is 46.0 Å². The quantitative estimate of drug-likeness (QED) is 0.178. The summed E-state index contributed by atoms with van der Waals surface area (Å²) in [5, 5.41) is 0. The van der Waals surface area contributed by atoms with Crippen molar-refractivity contribution in [1.29, 1.82) is 0 Å². The molecule has 2 nitrogen and oxygen atoms in total. The molecule has 0 atom stereocenters. The van der Waals surface area contributed by atoms with E-state index in [1.54, 1.807) is 6.08 Å². The summed E-state index contributed by atoms with van der Waals surface area (Å²) < 4.78 is 4.63. The summed E-state index contributed by atoms with van der Waals surface area (Å²) in [6.45, 7) is 3.88. The van der Waals surface area contributed by atoms with Gasteiger partial charge in [-0.1, -0.05) is 0 Å². The minimum Gasteiger partial charge on any atom is -0.358 e. The van der Waals surface area contributed by atoms with E-state index in [-0.39, 0.29) is 9.76 Å². The molecular formula is C4H10O2Si. The van der Waals surface area contributed by atoms with E-state index in [1.165, 1.54) is 6.26 Å². The van der Waals surface area contributed by atoms with Crippen LogP contribution in [0, 0.1) is 0 Å². The van der Waals surface area contributed by atoms with Crippen LogP contribution >= 0.6 is 0 Å². The zero-order chi connectivity index (χ0) is 5.54. The Morgan fingerprint density at radius 3 is 2.71 bits per heavy atom. The Morgan fingerprint density at radius 1 is 1.57 bits per heavy atom. The van der Waals surface area contributed by atoms with Gasteiger partial charge in [-0.15, -0.1) is 0 Å². The molecule has 0 N–H and O–H groups in total. The van der Waals surface area contributed by atoms with Crippen LogP contribution < -0.4 is 0 Å². The van der Waals surface area contributed by atoms with Crippen molar-refractivity contribution in [2.24, 2.45) is 0 Å². The third-order valence-electron chi connectivity index (χ3n) is 0.378. The fourth-order valence-electron chi connectivity index (χ4n) is 0.163. The number of hydrogen-bond acceptors (Lipinski definition) is 2. The average molecular weight is 118 g/mol. The van der Waals surface area contributed by atoms with Crippen molar-refractivity contribution in [2.45, 2.75) is 13.5 Å². The Hall–Kier alpha value is -0.283. The molecule has 0 aromatic carbocycles. The van der Waals surface area contributed by atoms with E-state index in [4.69, 9.17) is 0 Å². The summed E-state index contributed by atoms with van der Waals surface area (Å²) in [6, 6.07) is 0. The molecule has 0 unspecified atom stereocenters. The Bertz CT molecular complexity index is 53.7. The standard InChI is InChI=1S/C4H10O2Si/c1-3-4-5-6-7-2/h3-4H,7H2,1-2H3. The number of rotatable bonds is 3. The van der Waals surface area contributed by atoms with Gasteiger partial charge in [-0.25, -0.2) is 0 Å². The van der Waals surface area contributed by atoms with Crippen molar-refractivity contribution in [3.05, 3.63) is 12.3 Å². The molecule has 0 heterocycles. The first kappa shape index (κ1) is 6.72. The second-order valence-electron chi connectivity index (χ2n) is 0.972. The van der Waals surface area contributed by atoms with Gasteiger partial charge in [0.25, 0.3) is 0 Å². The highest BCUT2D eigenvalue weighted by Gasteiger charge is 1.70. The van der Waals surface area contributed by atoms with Gasteiger partial charge in [0, 0.05) is 0 Å². The first-order chi connectivity index (χ1) is 3.41. The molecule has 0 aliphatic rings. The fourth-order valence-corrected chi connectivity index (χ4v) is 0.378. The van der Waals surface area contributed by atoms with E-state index >= 15 is 0 Å². The lowest BCUT2D eigenvalue weighted by Crippen LogP contribution is -1.87. The Balaban J connectivity index is 2.69. The highest BCUT2D eigenvalue weighted by molar-refractivity contribution is 6.24. The van der Waals surface area contributed by atoms with Gasteiger partial charge in [-0.3, -0.25) is 4.58 Å². The van der Waals surface area contributed by atoms with Crippen LogP contribution in [-0.2, 0) is 9.46 Å². The largest absolute Gasteiger partial charge is 0.358 e. The lowest BCUT2D eigenvalue weighted by atomic mass is 10.7. The molecule has 3 heteroatoms. The topological polar surface area (TPSA) is 18.5 Å². The Kier molecular flexibility index (Phi) is 5.49. The van der Waals surface area contributed by atoms with Gasteiger partial charge in [-0.05, 0) is 19.5 Å². The van der Waals surface area contributed by atoms with Crippen LogP contribution in [0.15, 0.2) is 12.3 Å². The van der Waals surface area contributed by atoms with E-state index in [1.807, 2.05) is 13.5 Å². The second kappa shape index (κ2) is 5.72. The first-order valence-corrected chi connectivity index (χ1v) is 4.30. The van der Waals surface area contributed by atoms with Crippen LogP contribution in [0.5, 0.6) is 0 Å². The van der Waals surface area contributed by atoms with E-state index in [0.717, 1.165) is 0 Å². The average Bonchev–Trinajstić information content (AvgIpc) is 1.69. The SMILES string of the molecule is CC=COO[SiH2]C. The smallest absolute Gasteiger partial charge is 0.221 e. The molecule has 0 saturated carbocycles. The molecule has 0 radical (unpaired) electrons. The lowest BCUT2D eigenvalue weighted by Gasteiger charge is -1.92. The van der Waals surface area contributed by atoms with Gasteiger partial charge in [0.05, 0.1) is 0 Å². The van der Waals surface area contributed by atoms with Crippen LogP contribution in [-0.4, -0.2) is 9.76 Å². The van der Waals surface area contributed by atoms with Gasteiger partial charge in [0.2, 0.25) is 9.76 Å². The van der Waals surface area contributed by atoms with Gasteiger partial charge in [0.1, 0.15) is 6.26 Å². The molecular weight excluding hydrogens is 108 g/mol. The van der Waals surface area contributed by atoms with Crippen molar-refractivity contribution >= 4 is 9.76 Å². The first-order valence-electron chi connectivity index (χ1n) is 2.31. The van der Waals surface area contributed by atoms with E-state index in [2.05, 4.69) is 9.46 Å². The predicted molar refractivity (Wildman–Crippen MR) is 31.4 cm³/mol. The molecule has 0 bridgehead atoms. The minimum absolute atomic E-state index is 0.380. The van der Waals surface area contributed by atoms with E-state index in [0.29, 0.717) is 0 Å². The predicted octanol–water partition coefficient (Wildman–Crippen LogP) is 0.600. The van der Waals surface area contributed by atoms with Crippen LogP contribution in [0.2, 0.25) is 6.55 Å². The van der Waals surface area contributed by atoms with Crippen molar-refractivity contribution in [2.75, 3.05) is 0 Å². The molecule has 0 spiro atoms. The second-order valence-corrected chi connectivity index (χ2v) is 1.79. The lowest BCUT2D eigenvalue weighted by molar-refractivity contribution is -0.148. The van der Waals surface area contributed by atoms with Gasteiger partial charge >= 0.3 is 0 Å². The molecule has 0 aromatic heterocycles. The van der Waals surface area contributed by atoms with Gasteiger partial charge < -0.3 is 4.89 Å². The zero-order valence-corrected chi connectivity index (χ0v) is 6.09. The van der Waals surface area contributed by atoms with E-state index < -0.39 is 0 Å². The molecule has 0 rings (SSSR count). The van der Waals surface area contributed by atoms with Crippen molar-refractivity contribution < 1.29 is 9.46 Å². The fraction of sp³-hybridized carbons (Fsp3) is 0.500. The third-order valence-corrected chi connectivity index (χ3v) is 0.749. The summed E-state index contributed by atoms with van der Waals surface area (Å²) in [6.07, 6.45) is 3.31. The normalized spacial score (nSPS) is 11.7. The van der Waals surface area contributed by atoms with Crippen LogP contribution in [0.25, 0.3) is 0 Å². The molecule has 7 heavy (non-hydrogen) atoms. The molecule has 0 aliphatic heterocycles. The van der Waals surface area contributed by atoms with Crippen LogP contribution in [0.4, 0.5) is 0 Å². The summed E-state index contributed by atoms with van der Waals surface area (Å²) in [5.41, 5.74) is 0. The van der Waals surface area contributed by atoms with Gasteiger partial charge in [0.15, 0.2) is 0 Å². The van der Waals surface area contributed by atoms with E-state index in [9.17, 15) is 0 Å². The third kappa shape index (κ3) is 5.72. The van der Waals surface area contributed by atoms with Crippen molar-refractivity contribution in [3.63, 3.8) is 0 Å². The summed E-state index contributed by atoms with van der Waals surface area (Å²) >= 11 is 0. The highest BCUT2D eigenvalue weighted by atomic mass is 28.2. The molecule has 0 aromatic rings. The van der Waals surface area contributed by atoms with Crippen molar-refractivity contribution in [3.8, 4) is 0 Å². The zero-order valence-electron chi connectivity index (χ0n) is 4.68. The molecule has 0 saturated heterocycles. The molecule has 0 fully saturated rings. The maximum Gasteiger partial charge on any atom is 0.221 e. The molecule has 0 aliphatic carbocycles. The molecule has 42 valence electrons. The molecule has 0 amide bonds. The van der Waals surface area contributed by atoms with Crippen molar-refractivity contribution in [1.82, 2.24) is 0 Å². The number of allylic oxidation sites excluding steroid dienone is 1. The maximum absolute atomic E-state index is 4.63. The highest BCUT2D eigenvalue weighted by Crippen LogP contribution is 1.75. The maximum atomic E-state index is 4.63. The van der Waals surface area contributed by atoms with Gasteiger partial charge in [-0.2, -0.15) is 0 Å². The minimum atomic E-state index is -0.380. The summed E-state index contributed by atoms with van der Waals surface area (Å²) in [7, 11) is -0.380. The Morgan fingerprint density at radius 2 is 2.29 bits per heavy atom. The van der Waals surface area contributed by atoms with Crippen LogP contribution in [0.1, 0.15) is 6.92 Å². The summed E-state index contributed by atoms with van der Waals surface area (Å²) in [5.74, 6) is 0. The summed E-state index contributed by atoms with van der Waals surface area (Å²) in [4.78, 5) is 4.51.